The quantitative estimate of drug-likeness (QED) is 0.398. The molecule has 0 amide bonds. The minimum Gasteiger partial charge on any atom is -0.304 e. The van der Waals surface area contributed by atoms with Crippen LogP contribution in [-0.2, 0) is 17.1 Å². The Morgan fingerprint density at radius 2 is 1.62 bits per heavy atom. The minimum absolute atomic E-state index is 0.248. The lowest BCUT2D eigenvalue weighted by atomic mass is 9.81. The molecule has 37 heavy (non-hydrogen) atoms. The van der Waals surface area contributed by atoms with Gasteiger partial charge in [-0.3, -0.25) is 9.58 Å². The van der Waals surface area contributed by atoms with Gasteiger partial charge in [-0.25, -0.2) is 17.4 Å². The Bertz CT molecular complexity index is 1490. The van der Waals surface area contributed by atoms with Gasteiger partial charge in [-0.1, -0.05) is 18.2 Å². The molecule has 2 fully saturated rings. The zero-order valence-electron chi connectivity index (χ0n) is 21.5. The number of likely N-dealkylation sites (N-methyl/N-ethyl adjacent to an activating group) is 1. The van der Waals surface area contributed by atoms with Crippen molar-refractivity contribution in [3.8, 4) is 11.1 Å². The molecule has 1 saturated carbocycles. The number of benzene rings is 1. The average molecular weight is 519 g/mol. The van der Waals surface area contributed by atoms with E-state index in [-0.39, 0.29) is 4.90 Å². The number of hydrogen-bond donors (Lipinski definition) is 0. The normalized spacial score (nSPS) is 22.0. The summed E-state index contributed by atoms with van der Waals surface area (Å²) in [6.45, 7) is 4.63. The molecule has 0 spiro atoms. The molecule has 0 N–H and O–H groups in total. The smallest absolute Gasteiger partial charge is 0.269 e. The van der Waals surface area contributed by atoms with Crippen LogP contribution in [-0.4, -0.2) is 76.2 Å². The van der Waals surface area contributed by atoms with Gasteiger partial charge in [-0.05, 0) is 62.4 Å². The van der Waals surface area contributed by atoms with E-state index in [2.05, 4.69) is 28.0 Å². The van der Waals surface area contributed by atoms with Crippen molar-refractivity contribution in [2.24, 2.45) is 7.05 Å². The maximum Gasteiger partial charge on any atom is 0.269 e. The molecule has 0 radical (unpaired) electrons. The molecule has 0 bridgehead atoms. The van der Waals surface area contributed by atoms with Gasteiger partial charge in [0.2, 0.25) is 0 Å². The summed E-state index contributed by atoms with van der Waals surface area (Å²) >= 11 is 0. The molecule has 1 aromatic carbocycles. The van der Waals surface area contributed by atoms with Crippen molar-refractivity contribution >= 4 is 21.1 Å². The lowest BCUT2D eigenvalue weighted by Crippen LogP contribution is -2.49. The molecule has 8 nitrogen and oxygen atoms in total. The van der Waals surface area contributed by atoms with Gasteiger partial charge in [0.15, 0.2) is 5.65 Å². The summed E-state index contributed by atoms with van der Waals surface area (Å²) in [5.74, 6) is 0.441. The van der Waals surface area contributed by atoms with Gasteiger partial charge in [-0.15, -0.1) is 0 Å². The third kappa shape index (κ3) is 4.60. The topological polar surface area (TPSA) is 76.3 Å². The summed E-state index contributed by atoms with van der Waals surface area (Å²) in [5, 5.41) is 5.18. The highest BCUT2D eigenvalue weighted by Gasteiger charge is 2.29. The largest absolute Gasteiger partial charge is 0.304 e. The highest BCUT2D eigenvalue weighted by Crippen LogP contribution is 2.38. The number of piperazine rings is 1. The number of rotatable bonds is 5. The number of pyridine rings is 1. The van der Waals surface area contributed by atoms with Crippen LogP contribution in [0.3, 0.4) is 0 Å². The van der Waals surface area contributed by atoms with Gasteiger partial charge >= 0.3 is 0 Å². The third-order valence-electron chi connectivity index (χ3n) is 8.17. The number of nitrogens with zero attached hydrogens (tertiary/aromatic N) is 6. The van der Waals surface area contributed by atoms with E-state index in [0.29, 0.717) is 17.6 Å². The molecule has 0 atom stereocenters. The van der Waals surface area contributed by atoms with Crippen LogP contribution in [0.4, 0.5) is 0 Å². The Kier molecular flexibility index (Phi) is 6.38. The molecule has 6 rings (SSSR count). The van der Waals surface area contributed by atoms with Crippen molar-refractivity contribution in [1.82, 2.24) is 28.5 Å². The summed E-state index contributed by atoms with van der Waals surface area (Å²) in [7, 11) is 0.282. The summed E-state index contributed by atoms with van der Waals surface area (Å²) in [4.78, 5) is 10.1. The SMILES string of the molecule is CN1CCN(C2CCC(c3cnc4c(c3)c(-c3cnn(C)c3)cn4S(=O)(=O)c3ccccc3)CC2)CC1. The fourth-order valence-corrected chi connectivity index (χ4v) is 7.31. The Balaban J connectivity index is 1.33. The second kappa shape index (κ2) is 9.70. The van der Waals surface area contributed by atoms with Gasteiger partial charge in [0.1, 0.15) is 0 Å². The Hall–Kier alpha value is -3.01. The van der Waals surface area contributed by atoms with E-state index in [1.165, 1.54) is 22.4 Å². The van der Waals surface area contributed by atoms with Gasteiger partial charge in [-0.2, -0.15) is 5.10 Å². The van der Waals surface area contributed by atoms with E-state index in [9.17, 15) is 8.42 Å². The van der Waals surface area contributed by atoms with Crippen molar-refractivity contribution in [3.63, 3.8) is 0 Å². The first-order chi connectivity index (χ1) is 17.9. The Morgan fingerprint density at radius 3 is 2.30 bits per heavy atom. The summed E-state index contributed by atoms with van der Waals surface area (Å²) in [5.41, 5.74) is 3.37. The van der Waals surface area contributed by atoms with Crippen LogP contribution in [0.5, 0.6) is 0 Å². The van der Waals surface area contributed by atoms with Gasteiger partial charge < -0.3 is 4.90 Å². The van der Waals surface area contributed by atoms with Crippen molar-refractivity contribution in [2.45, 2.75) is 42.5 Å². The second-order valence-electron chi connectivity index (χ2n) is 10.5. The number of aromatic nitrogens is 4. The molecule has 4 aromatic rings. The van der Waals surface area contributed by atoms with E-state index in [1.807, 2.05) is 25.5 Å². The molecule has 4 heterocycles. The molecule has 3 aromatic heterocycles. The standard InChI is InChI=1S/C28H34N6O2S/c1-31-12-14-33(15-13-31)24-10-8-21(9-11-24)22-16-26-27(23-18-30-32(2)19-23)20-34(28(26)29-17-22)37(35,36)25-6-4-3-5-7-25/h3-7,16-21,24H,8-15H2,1-2H3. The molecule has 1 aliphatic carbocycles. The monoisotopic (exact) mass is 518 g/mol. The first kappa shape index (κ1) is 24.3. The van der Waals surface area contributed by atoms with Crippen LogP contribution in [0.25, 0.3) is 22.2 Å². The Morgan fingerprint density at radius 1 is 0.892 bits per heavy atom. The fourth-order valence-electron chi connectivity index (χ4n) is 5.96. The van der Waals surface area contributed by atoms with E-state index >= 15 is 0 Å². The van der Waals surface area contributed by atoms with Crippen LogP contribution >= 0.6 is 0 Å². The van der Waals surface area contributed by atoms with Gasteiger partial charge in [0.25, 0.3) is 10.0 Å². The third-order valence-corrected chi connectivity index (χ3v) is 9.84. The molecule has 9 heteroatoms. The number of hydrogen-bond acceptors (Lipinski definition) is 6. The highest BCUT2D eigenvalue weighted by atomic mass is 32.2. The van der Waals surface area contributed by atoms with Crippen molar-refractivity contribution in [2.75, 3.05) is 33.2 Å². The number of aryl methyl sites for hydroxylation is 1. The molecule has 1 aliphatic heterocycles. The average Bonchev–Trinajstić information content (AvgIpc) is 3.53. The predicted octanol–water partition coefficient (Wildman–Crippen LogP) is 3.95. The van der Waals surface area contributed by atoms with E-state index in [0.717, 1.165) is 55.5 Å². The van der Waals surface area contributed by atoms with E-state index in [1.54, 1.807) is 41.3 Å². The molecule has 0 unspecified atom stereocenters. The summed E-state index contributed by atoms with van der Waals surface area (Å²) < 4.78 is 30.2. The lowest BCUT2D eigenvalue weighted by molar-refractivity contribution is 0.0878. The fraction of sp³-hybridized carbons (Fsp3) is 0.429. The first-order valence-corrected chi connectivity index (χ1v) is 14.6. The van der Waals surface area contributed by atoms with E-state index < -0.39 is 10.0 Å². The first-order valence-electron chi connectivity index (χ1n) is 13.1. The van der Waals surface area contributed by atoms with Crippen LogP contribution < -0.4 is 0 Å². The summed E-state index contributed by atoms with van der Waals surface area (Å²) in [6.07, 6.45) is 12.0. The molecular weight excluding hydrogens is 484 g/mol. The van der Waals surface area contributed by atoms with Crippen molar-refractivity contribution in [1.29, 1.82) is 0 Å². The zero-order chi connectivity index (χ0) is 25.6. The highest BCUT2D eigenvalue weighted by molar-refractivity contribution is 7.90. The van der Waals surface area contributed by atoms with Crippen LogP contribution in [0.15, 0.2) is 66.1 Å². The predicted molar refractivity (Wildman–Crippen MR) is 145 cm³/mol. The molecule has 194 valence electrons. The Labute approximate surface area is 218 Å². The lowest BCUT2D eigenvalue weighted by Gasteiger charge is -2.41. The maximum atomic E-state index is 13.6. The van der Waals surface area contributed by atoms with Gasteiger partial charge in [0, 0.05) is 74.4 Å². The van der Waals surface area contributed by atoms with E-state index in [4.69, 9.17) is 4.98 Å². The van der Waals surface area contributed by atoms with Crippen LogP contribution in [0.1, 0.15) is 37.2 Å². The number of fused-ring (bicyclic) bond motifs is 1. The molecule has 1 saturated heterocycles. The minimum atomic E-state index is -3.79. The second-order valence-corrected chi connectivity index (χ2v) is 12.4. The summed E-state index contributed by atoms with van der Waals surface area (Å²) in [6, 6.07) is 11.4. The maximum absolute atomic E-state index is 13.6. The van der Waals surface area contributed by atoms with Crippen molar-refractivity contribution in [3.05, 3.63) is 66.7 Å². The zero-order valence-corrected chi connectivity index (χ0v) is 22.3. The van der Waals surface area contributed by atoms with Crippen LogP contribution in [0.2, 0.25) is 0 Å². The van der Waals surface area contributed by atoms with Gasteiger partial charge in [0.05, 0.1) is 11.1 Å². The molecular formula is C28H34N6O2S. The van der Waals surface area contributed by atoms with Crippen molar-refractivity contribution < 1.29 is 8.42 Å². The molecule has 2 aliphatic rings. The van der Waals surface area contributed by atoms with Crippen LogP contribution in [0, 0.1) is 0 Å².